The molecule has 0 bridgehead atoms. The van der Waals surface area contributed by atoms with E-state index in [0.29, 0.717) is 27.6 Å². The van der Waals surface area contributed by atoms with Gasteiger partial charge in [-0.2, -0.15) is 9.41 Å². The minimum atomic E-state index is -3.99. The number of carbonyl (C=O) groups is 1. The van der Waals surface area contributed by atoms with Gasteiger partial charge in [0.05, 0.1) is 31.9 Å². The van der Waals surface area contributed by atoms with E-state index >= 15 is 0 Å². The Morgan fingerprint density at radius 2 is 1.74 bits per heavy atom. The SMILES string of the molecule is COc1cccc(/C=N\NC(=O)CN(Cc2ccc(Cl)cc2)S(=O)(=O)c2ccc(Br)cc2)c1OC. The molecule has 0 aliphatic heterocycles. The fraction of sp³-hybridized carbons (Fsp3) is 0.167. The molecule has 0 spiro atoms. The smallest absolute Gasteiger partial charge is 0.255 e. The van der Waals surface area contributed by atoms with Crippen molar-refractivity contribution in [2.75, 3.05) is 20.8 Å². The van der Waals surface area contributed by atoms with Crippen molar-refractivity contribution < 1.29 is 22.7 Å². The third-order valence-corrected chi connectivity index (χ3v) is 7.46. The van der Waals surface area contributed by atoms with Crippen LogP contribution >= 0.6 is 27.5 Å². The number of hydrogen-bond acceptors (Lipinski definition) is 6. The summed E-state index contributed by atoms with van der Waals surface area (Å²) >= 11 is 9.25. The largest absolute Gasteiger partial charge is 0.493 e. The van der Waals surface area contributed by atoms with Crippen molar-refractivity contribution in [3.8, 4) is 11.5 Å². The molecule has 0 unspecified atom stereocenters. The van der Waals surface area contributed by atoms with Crippen LogP contribution in [0.25, 0.3) is 0 Å². The zero-order chi connectivity index (χ0) is 25.4. The Morgan fingerprint density at radius 1 is 1.06 bits per heavy atom. The second-order valence-electron chi connectivity index (χ2n) is 7.23. The molecule has 3 aromatic carbocycles. The van der Waals surface area contributed by atoms with Gasteiger partial charge in [-0.05, 0) is 54.1 Å². The standard InChI is InChI=1S/C24H23BrClN3O5S/c1-33-22-5-3-4-18(24(22)34-2)14-27-28-23(30)16-29(15-17-6-10-20(26)11-7-17)35(31,32)21-12-8-19(25)9-13-21/h3-14H,15-16H2,1-2H3,(H,28,30)/b27-14-. The van der Waals surface area contributed by atoms with Gasteiger partial charge >= 0.3 is 0 Å². The van der Waals surface area contributed by atoms with Gasteiger partial charge in [0, 0.05) is 21.6 Å². The molecule has 0 aliphatic carbocycles. The molecule has 0 aromatic heterocycles. The summed E-state index contributed by atoms with van der Waals surface area (Å²) in [5.41, 5.74) is 3.63. The van der Waals surface area contributed by atoms with E-state index in [-0.39, 0.29) is 11.4 Å². The number of para-hydroxylation sites is 1. The van der Waals surface area contributed by atoms with Crippen LogP contribution in [-0.4, -0.2) is 45.6 Å². The average Bonchev–Trinajstić information content (AvgIpc) is 2.85. The summed E-state index contributed by atoms with van der Waals surface area (Å²) < 4.78 is 39.1. The van der Waals surface area contributed by atoms with Crippen LogP contribution in [0.15, 0.2) is 81.2 Å². The zero-order valence-corrected chi connectivity index (χ0v) is 22.1. The van der Waals surface area contributed by atoms with E-state index < -0.39 is 22.5 Å². The predicted molar refractivity (Wildman–Crippen MR) is 138 cm³/mol. The predicted octanol–water partition coefficient (Wildman–Crippen LogP) is 4.46. The van der Waals surface area contributed by atoms with Crippen LogP contribution in [0, 0.1) is 0 Å². The van der Waals surface area contributed by atoms with Gasteiger partial charge < -0.3 is 9.47 Å². The van der Waals surface area contributed by atoms with Crippen molar-refractivity contribution >= 4 is 49.7 Å². The van der Waals surface area contributed by atoms with E-state index in [4.69, 9.17) is 21.1 Å². The van der Waals surface area contributed by atoms with Crippen LogP contribution in [0.4, 0.5) is 0 Å². The number of amides is 1. The summed E-state index contributed by atoms with van der Waals surface area (Å²) in [4.78, 5) is 12.7. The first-order chi connectivity index (χ1) is 16.7. The lowest BCUT2D eigenvalue weighted by atomic mass is 10.2. The van der Waals surface area contributed by atoms with Crippen LogP contribution in [0.2, 0.25) is 5.02 Å². The molecular formula is C24H23BrClN3O5S. The van der Waals surface area contributed by atoms with Crippen LogP contribution in [-0.2, 0) is 21.4 Å². The number of methoxy groups -OCH3 is 2. The van der Waals surface area contributed by atoms with Gasteiger partial charge in [-0.3, -0.25) is 4.79 Å². The molecule has 0 saturated carbocycles. The fourth-order valence-electron chi connectivity index (χ4n) is 3.16. The van der Waals surface area contributed by atoms with Crippen LogP contribution in [0.3, 0.4) is 0 Å². The van der Waals surface area contributed by atoms with Gasteiger partial charge in [0.15, 0.2) is 11.5 Å². The number of hydrazone groups is 1. The topological polar surface area (TPSA) is 97.3 Å². The molecular weight excluding hydrogens is 558 g/mol. The van der Waals surface area contributed by atoms with Crippen molar-refractivity contribution in [1.29, 1.82) is 0 Å². The van der Waals surface area contributed by atoms with Gasteiger partial charge in [0.1, 0.15) is 0 Å². The van der Waals surface area contributed by atoms with Crippen molar-refractivity contribution in [3.05, 3.63) is 87.4 Å². The molecule has 0 radical (unpaired) electrons. The number of rotatable bonds is 10. The van der Waals surface area contributed by atoms with E-state index in [1.807, 2.05) is 0 Å². The summed E-state index contributed by atoms with van der Waals surface area (Å²) in [7, 11) is -0.977. The number of benzene rings is 3. The molecule has 8 nitrogen and oxygen atoms in total. The van der Waals surface area contributed by atoms with E-state index in [1.165, 1.54) is 32.6 Å². The van der Waals surface area contributed by atoms with E-state index in [0.717, 1.165) is 8.78 Å². The van der Waals surface area contributed by atoms with E-state index in [2.05, 4.69) is 26.5 Å². The molecule has 0 heterocycles. The van der Waals surface area contributed by atoms with Gasteiger partial charge in [-0.15, -0.1) is 0 Å². The summed E-state index contributed by atoms with van der Waals surface area (Å²) in [6.45, 7) is -0.482. The maximum atomic E-state index is 13.3. The third kappa shape index (κ3) is 7.04. The Kier molecular flexibility index (Phi) is 9.27. The lowest BCUT2D eigenvalue weighted by Gasteiger charge is -2.21. The first kappa shape index (κ1) is 26.7. The summed E-state index contributed by atoms with van der Waals surface area (Å²) in [6, 6.07) is 18.1. The molecule has 35 heavy (non-hydrogen) atoms. The summed E-state index contributed by atoms with van der Waals surface area (Å²) in [5, 5.41) is 4.48. The van der Waals surface area contributed by atoms with E-state index in [1.54, 1.807) is 54.6 Å². The highest BCUT2D eigenvalue weighted by Crippen LogP contribution is 2.29. The Balaban J connectivity index is 1.80. The molecule has 184 valence electrons. The van der Waals surface area contributed by atoms with Gasteiger partial charge in [-0.1, -0.05) is 45.7 Å². The molecule has 0 fully saturated rings. The van der Waals surface area contributed by atoms with Gasteiger partial charge in [0.2, 0.25) is 10.0 Å². The third-order valence-electron chi connectivity index (χ3n) is 4.87. The number of sulfonamides is 1. The minimum Gasteiger partial charge on any atom is -0.493 e. The summed E-state index contributed by atoms with van der Waals surface area (Å²) in [6.07, 6.45) is 1.39. The average molecular weight is 581 g/mol. The molecule has 0 aliphatic rings. The number of nitrogens with zero attached hydrogens (tertiary/aromatic N) is 2. The number of ether oxygens (including phenoxy) is 2. The second-order valence-corrected chi connectivity index (χ2v) is 10.5. The first-order valence-corrected chi connectivity index (χ1v) is 12.9. The molecule has 3 aromatic rings. The molecule has 3 rings (SSSR count). The van der Waals surface area contributed by atoms with Crippen molar-refractivity contribution in [3.63, 3.8) is 0 Å². The van der Waals surface area contributed by atoms with Crippen LogP contribution < -0.4 is 14.9 Å². The number of carbonyl (C=O) groups excluding carboxylic acids is 1. The lowest BCUT2D eigenvalue weighted by Crippen LogP contribution is -2.39. The minimum absolute atomic E-state index is 0.0313. The molecule has 1 N–H and O–H groups in total. The lowest BCUT2D eigenvalue weighted by molar-refractivity contribution is -0.121. The quantitative estimate of drug-likeness (QED) is 0.282. The zero-order valence-electron chi connectivity index (χ0n) is 18.9. The number of nitrogens with one attached hydrogen (secondary N) is 1. The highest BCUT2D eigenvalue weighted by atomic mass is 79.9. The Hall–Kier alpha value is -2.92. The van der Waals surface area contributed by atoms with Crippen LogP contribution in [0.5, 0.6) is 11.5 Å². The van der Waals surface area contributed by atoms with Crippen molar-refractivity contribution in [2.24, 2.45) is 5.10 Å². The Labute approximate surface area is 217 Å². The first-order valence-electron chi connectivity index (χ1n) is 10.3. The summed E-state index contributed by atoms with van der Waals surface area (Å²) in [5.74, 6) is 0.352. The molecule has 11 heteroatoms. The normalized spacial score (nSPS) is 11.6. The highest BCUT2D eigenvalue weighted by molar-refractivity contribution is 9.10. The molecule has 1 amide bonds. The van der Waals surface area contributed by atoms with Gasteiger partial charge in [0.25, 0.3) is 5.91 Å². The van der Waals surface area contributed by atoms with Crippen LogP contribution in [0.1, 0.15) is 11.1 Å². The Morgan fingerprint density at radius 3 is 2.37 bits per heavy atom. The number of halogens is 2. The fourth-order valence-corrected chi connectivity index (χ4v) is 4.93. The van der Waals surface area contributed by atoms with Gasteiger partial charge in [-0.25, -0.2) is 13.8 Å². The van der Waals surface area contributed by atoms with E-state index in [9.17, 15) is 13.2 Å². The van der Waals surface area contributed by atoms with Crippen molar-refractivity contribution in [2.45, 2.75) is 11.4 Å². The molecule has 0 atom stereocenters. The monoisotopic (exact) mass is 579 g/mol. The maximum absolute atomic E-state index is 13.3. The Bertz CT molecular complexity index is 1300. The maximum Gasteiger partial charge on any atom is 0.255 e. The molecule has 0 saturated heterocycles. The highest BCUT2D eigenvalue weighted by Gasteiger charge is 2.27. The van der Waals surface area contributed by atoms with Crippen molar-refractivity contribution in [1.82, 2.24) is 9.73 Å². The second kappa shape index (κ2) is 12.2. The number of hydrogen-bond donors (Lipinski definition) is 1.